The second kappa shape index (κ2) is 45.3. The van der Waals surface area contributed by atoms with Gasteiger partial charge in [-0.25, -0.2) is 4.57 Å². The first-order valence-electron chi connectivity index (χ1n) is 25.7. The predicted octanol–water partition coefficient (Wildman–Crippen LogP) is 15.7. The number of carbonyl (C=O) groups is 1. The number of quaternary nitrogens is 1. The third-order valence-corrected chi connectivity index (χ3v) is 12.2. The molecule has 9 heteroatoms. The molecule has 0 aliphatic heterocycles. The average molecular weight is 883 g/mol. The van der Waals surface area contributed by atoms with Crippen molar-refractivity contribution in [2.75, 3.05) is 54.1 Å². The van der Waals surface area contributed by atoms with Crippen molar-refractivity contribution in [2.24, 2.45) is 0 Å². The fraction of sp³-hybridized carbons (Fsp3) is 0.865. The molecule has 0 spiro atoms. The zero-order valence-corrected chi connectivity index (χ0v) is 41.8. The molecule has 0 bridgehead atoms. The van der Waals surface area contributed by atoms with Gasteiger partial charge >= 0.3 is 13.8 Å². The molecule has 8 nitrogen and oxygen atoms in total. The van der Waals surface area contributed by atoms with Crippen LogP contribution in [0, 0.1) is 0 Å². The number of rotatable bonds is 48. The summed E-state index contributed by atoms with van der Waals surface area (Å²) in [6.07, 6.45) is 54.8. The molecule has 0 fully saturated rings. The van der Waals surface area contributed by atoms with E-state index in [-0.39, 0.29) is 25.8 Å². The number of hydrogen-bond acceptors (Lipinski definition) is 6. The third kappa shape index (κ3) is 49.6. The maximum Gasteiger partial charge on any atom is 0.472 e. The lowest BCUT2D eigenvalue weighted by Gasteiger charge is -2.24. The second-order valence-electron chi connectivity index (χ2n) is 18.5. The Bertz CT molecular complexity index is 1070. The summed E-state index contributed by atoms with van der Waals surface area (Å²) in [6, 6.07) is 0. The van der Waals surface area contributed by atoms with Gasteiger partial charge in [0, 0.05) is 13.0 Å². The Labute approximate surface area is 378 Å². The van der Waals surface area contributed by atoms with E-state index in [1.807, 2.05) is 21.1 Å². The quantitative estimate of drug-likeness (QED) is 0.0214. The summed E-state index contributed by atoms with van der Waals surface area (Å²) in [5.41, 5.74) is 0. The summed E-state index contributed by atoms with van der Waals surface area (Å²) in [5, 5.41) is 0. The molecule has 61 heavy (non-hydrogen) atoms. The van der Waals surface area contributed by atoms with Crippen molar-refractivity contribution in [2.45, 2.75) is 238 Å². The van der Waals surface area contributed by atoms with Gasteiger partial charge < -0.3 is 18.9 Å². The van der Waals surface area contributed by atoms with E-state index in [1.165, 1.54) is 154 Å². The summed E-state index contributed by atoms with van der Waals surface area (Å²) >= 11 is 0. The highest BCUT2D eigenvalue weighted by Gasteiger charge is 2.26. The van der Waals surface area contributed by atoms with Crippen LogP contribution in [-0.2, 0) is 27.9 Å². The topological polar surface area (TPSA) is 91.3 Å². The number of nitrogens with zero attached hydrogens (tertiary/aromatic N) is 1. The van der Waals surface area contributed by atoms with Crippen LogP contribution in [0.5, 0.6) is 0 Å². The Morgan fingerprint density at radius 3 is 1.38 bits per heavy atom. The van der Waals surface area contributed by atoms with Crippen molar-refractivity contribution < 1.29 is 37.3 Å². The van der Waals surface area contributed by atoms with E-state index in [0.717, 1.165) is 57.8 Å². The maximum absolute atomic E-state index is 12.7. The summed E-state index contributed by atoms with van der Waals surface area (Å²) in [7, 11) is 1.66. The molecule has 0 amide bonds. The van der Waals surface area contributed by atoms with E-state index >= 15 is 0 Å². The SMILES string of the molecule is CCCCC/C=C\C/C=C\CCCCCCCC(=O)OC(COCCCCCCCCCCCCCC/C=C\CCCCCCCCCC)COP(=O)(O)OCC[N+](C)(C)C. The molecule has 0 aromatic heterocycles. The molecule has 0 aliphatic carbocycles. The first-order chi connectivity index (χ1) is 29.6. The molecule has 0 saturated heterocycles. The van der Waals surface area contributed by atoms with Crippen molar-refractivity contribution in [1.82, 2.24) is 0 Å². The van der Waals surface area contributed by atoms with Crippen molar-refractivity contribution >= 4 is 13.8 Å². The van der Waals surface area contributed by atoms with Crippen LogP contribution in [0.2, 0.25) is 0 Å². The standard InChI is InChI=1S/C52H100NO7P/c1-6-8-10-12-14-16-18-20-22-23-24-25-26-27-28-29-30-32-34-36-38-40-42-44-47-57-49-51(50-59-61(55,56)58-48-46-53(3,4)5)60-52(54)45-43-41-39-37-35-33-31-21-19-17-15-13-11-9-7-2/h15,17,21,23-24,31,51H,6-14,16,18-20,22,25-30,32-50H2,1-5H3/p+1/b17-15-,24-23-,31-21-. The molecule has 0 radical (unpaired) electrons. The van der Waals surface area contributed by atoms with Crippen LogP contribution in [0.1, 0.15) is 232 Å². The van der Waals surface area contributed by atoms with Crippen LogP contribution in [0.25, 0.3) is 0 Å². The van der Waals surface area contributed by atoms with Crippen molar-refractivity contribution in [1.29, 1.82) is 0 Å². The molecule has 0 rings (SSSR count). The van der Waals surface area contributed by atoms with Crippen LogP contribution < -0.4 is 0 Å². The predicted molar refractivity (Wildman–Crippen MR) is 261 cm³/mol. The highest BCUT2D eigenvalue weighted by Crippen LogP contribution is 2.43. The normalized spacial score (nSPS) is 13.9. The average Bonchev–Trinajstić information content (AvgIpc) is 3.22. The van der Waals surface area contributed by atoms with Crippen LogP contribution in [0.3, 0.4) is 0 Å². The van der Waals surface area contributed by atoms with E-state index < -0.39 is 13.9 Å². The number of unbranched alkanes of at least 4 members (excludes halogenated alkanes) is 28. The number of allylic oxidation sites excluding steroid dienone is 6. The van der Waals surface area contributed by atoms with Crippen molar-refractivity contribution in [3.05, 3.63) is 36.5 Å². The Kier molecular flexibility index (Phi) is 44.3. The number of carbonyl (C=O) groups excluding carboxylic acids is 1. The smallest absolute Gasteiger partial charge is 0.457 e. The van der Waals surface area contributed by atoms with Gasteiger partial charge in [0.25, 0.3) is 0 Å². The van der Waals surface area contributed by atoms with Gasteiger partial charge in [0.2, 0.25) is 0 Å². The molecule has 2 atom stereocenters. The molecule has 360 valence electrons. The Morgan fingerprint density at radius 2 is 0.902 bits per heavy atom. The largest absolute Gasteiger partial charge is 0.472 e. The highest BCUT2D eigenvalue weighted by molar-refractivity contribution is 7.47. The monoisotopic (exact) mass is 883 g/mol. The minimum atomic E-state index is -4.28. The zero-order chi connectivity index (χ0) is 44.8. The molecule has 2 unspecified atom stereocenters. The maximum atomic E-state index is 12.7. The fourth-order valence-corrected chi connectivity index (χ4v) is 7.91. The summed E-state index contributed by atoms with van der Waals surface area (Å²) in [5.74, 6) is -0.325. The Balaban J connectivity index is 4.09. The van der Waals surface area contributed by atoms with Gasteiger partial charge in [0.15, 0.2) is 0 Å². The first kappa shape index (κ1) is 59.7. The highest BCUT2D eigenvalue weighted by atomic mass is 31.2. The van der Waals surface area contributed by atoms with Crippen LogP contribution in [0.4, 0.5) is 0 Å². The molecule has 0 heterocycles. The number of hydrogen-bond donors (Lipinski definition) is 1. The van der Waals surface area contributed by atoms with Crippen LogP contribution in [0.15, 0.2) is 36.5 Å². The lowest BCUT2D eigenvalue weighted by Crippen LogP contribution is -2.37. The molecule has 0 aromatic carbocycles. The summed E-state index contributed by atoms with van der Waals surface area (Å²) in [6.45, 7) is 5.61. The fourth-order valence-electron chi connectivity index (χ4n) is 7.17. The van der Waals surface area contributed by atoms with Gasteiger partial charge in [-0.2, -0.15) is 0 Å². The van der Waals surface area contributed by atoms with Crippen molar-refractivity contribution in [3.8, 4) is 0 Å². The lowest BCUT2D eigenvalue weighted by molar-refractivity contribution is -0.870. The molecular weight excluding hydrogens is 782 g/mol. The molecule has 0 aliphatic rings. The van der Waals surface area contributed by atoms with E-state index in [2.05, 4.69) is 50.3 Å². The van der Waals surface area contributed by atoms with Crippen LogP contribution >= 0.6 is 7.82 Å². The molecular formula is C52H101NO7P+. The first-order valence-corrected chi connectivity index (χ1v) is 27.2. The number of esters is 1. The number of phosphoric acid groups is 1. The number of likely N-dealkylation sites (N-methyl/N-ethyl adjacent to an activating group) is 1. The van der Waals surface area contributed by atoms with Crippen LogP contribution in [-0.4, -0.2) is 75.6 Å². The minimum Gasteiger partial charge on any atom is -0.457 e. The Morgan fingerprint density at radius 1 is 0.508 bits per heavy atom. The molecule has 1 N–H and O–H groups in total. The minimum absolute atomic E-state index is 0.0861. The van der Waals surface area contributed by atoms with E-state index in [9.17, 15) is 14.3 Å². The van der Waals surface area contributed by atoms with E-state index in [4.69, 9.17) is 18.5 Å². The van der Waals surface area contributed by atoms with Gasteiger partial charge in [-0.05, 0) is 70.6 Å². The number of phosphoric ester groups is 1. The van der Waals surface area contributed by atoms with Gasteiger partial charge in [0.05, 0.1) is 34.4 Å². The Hall–Kier alpha value is -1.28. The van der Waals surface area contributed by atoms with E-state index in [1.54, 1.807) is 0 Å². The summed E-state index contributed by atoms with van der Waals surface area (Å²) < 4.78 is 35.1. The van der Waals surface area contributed by atoms with E-state index in [0.29, 0.717) is 24.1 Å². The molecule has 0 saturated carbocycles. The second-order valence-corrected chi connectivity index (χ2v) is 20.0. The summed E-state index contributed by atoms with van der Waals surface area (Å²) in [4.78, 5) is 23.0. The van der Waals surface area contributed by atoms with Gasteiger partial charge in [-0.1, -0.05) is 192 Å². The van der Waals surface area contributed by atoms with Gasteiger partial charge in [0.1, 0.15) is 19.3 Å². The van der Waals surface area contributed by atoms with Gasteiger partial charge in [-0.15, -0.1) is 0 Å². The zero-order valence-electron chi connectivity index (χ0n) is 40.9. The third-order valence-electron chi connectivity index (χ3n) is 11.2. The molecule has 0 aromatic rings. The lowest BCUT2D eigenvalue weighted by atomic mass is 10.0. The number of ether oxygens (including phenoxy) is 2. The van der Waals surface area contributed by atoms with Crippen molar-refractivity contribution in [3.63, 3.8) is 0 Å². The van der Waals surface area contributed by atoms with Gasteiger partial charge in [-0.3, -0.25) is 13.8 Å².